The SMILES string of the molecule is CN(C)c1ccc(CNC(=O)c2ccccc2NC(=O)C(C)(C)C)cc1. The Kier molecular flexibility index (Phi) is 6.03. The van der Waals surface area contributed by atoms with Crippen LogP contribution < -0.4 is 15.5 Å². The Morgan fingerprint density at radius 3 is 2.15 bits per heavy atom. The van der Waals surface area contributed by atoms with Gasteiger partial charge in [0.15, 0.2) is 0 Å². The zero-order valence-corrected chi connectivity index (χ0v) is 16.1. The van der Waals surface area contributed by atoms with E-state index in [2.05, 4.69) is 10.6 Å². The van der Waals surface area contributed by atoms with Gasteiger partial charge in [-0.15, -0.1) is 0 Å². The van der Waals surface area contributed by atoms with Gasteiger partial charge in [0, 0.05) is 31.7 Å². The number of nitrogens with one attached hydrogen (secondary N) is 2. The summed E-state index contributed by atoms with van der Waals surface area (Å²) in [5.41, 5.74) is 2.57. The third-order valence-corrected chi connectivity index (χ3v) is 4.01. The fourth-order valence-corrected chi connectivity index (χ4v) is 2.29. The van der Waals surface area contributed by atoms with E-state index in [1.165, 1.54) is 0 Å². The lowest BCUT2D eigenvalue weighted by molar-refractivity contribution is -0.123. The van der Waals surface area contributed by atoms with Crippen molar-refractivity contribution in [2.45, 2.75) is 27.3 Å². The fraction of sp³-hybridized carbons (Fsp3) is 0.333. The van der Waals surface area contributed by atoms with Crippen molar-refractivity contribution in [1.82, 2.24) is 5.32 Å². The largest absolute Gasteiger partial charge is 0.378 e. The van der Waals surface area contributed by atoms with Crippen LogP contribution in [0.5, 0.6) is 0 Å². The Bertz CT molecular complexity index is 775. The fourth-order valence-electron chi connectivity index (χ4n) is 2.29. The zero-order chi connectivity index (χ0) is 19.3. The first-order valence-electron chi connectivity index (χ1n) is 8.63. The van der Waals surface area contributed by atoms with Crippen molar-refractivity contribution in [2.24, 2.45) is 5.41 Å². The van der Waals surface area contributed by atoms with E-state index in [9.17, 15) is 9.59 Å². The van der Waals surface area contributed by atoms with Crippen LogP contribution in [0.1, 0.15) is 36.7 Å². The van der Waals surface area contributed by atoms with Gasteiger partial charge in [-0.1, -0.05) is 45.0 Å². The average Bonchev–Trinajstić information content (AvgIpc) is 2.59. The molecule has 0 atom stereocenters. The number of carbonyl (C=O) groups is 2. The Labute approximate surface area is 155 Å². The van der Waals surface area contributed by atoms with Crippen LogP contribution in [-0.2, 0) is 11.3 Å². The van der Waals surface area contributed by atoms with Crippen molar-refractivity contribution in [3.05, 3.63) is 59.7 Å². The van der Waals surface area contributed by atoms with E-state index < -0.39 is 5.41 Å². The first-order chi connectivity index (χ1) is 12.2. The molecule has 26 heavy (non-hydrogen) atoms. The van der Waals surface area contributed by atoms with Crippen LogP contribution >= 0.6 is 0 Å². The predicted octanol–water partition coefficient (Wildman–Crippen LogP) is 3.67. The summed E-state index contributed by atoms with van der Waals surface area (Å²) < 4.78 is 0. The normalized spacial score (nSPS) is 11.0. The highest BCUT2D eigenvalue weighted by Crippen LogP contribution is 2.20. The molecule has 2 N–H and O–H groups in total. The number of hydrogen-bond acceptors (Lipinski definition) is 3. The van der Waals surface area contributed by atoms with Gasteiger partial charge in [0.05, 0.1) is 11.3 Å². The second kappa shape index (κ2) is 8.04. The number of benzene rings is 2. The molecule has 0 aliphatic heterocycles. The molecule has 0 radical (unpaired) electrons. The number of rotatable bonds is 5. The first-order valence-corrected chi connectivity index (χ1v) is 8.63. The Hall–Kier alpha value is -2.82. The summed E-state index contributed by atoms with van der Waals surface area (Å²) in [4.78, 5) is 26.8. The molecule has 0 spiro atoms. The molecule has 0 aliphatic carbocycles. The third-order valence-electron chi connectivity index (χ3n) is 4.01. The van der Waals surface area contributed by atoms with E-state index in [1.807, 2.05) is 64.0 Å². The van der Waals surface area contributed by atoms with Crippen molar-refractivity contribution >= 4 is 23.2 Å². The highest BCUT2D eigenvalue weighted by atomic mass is 16.2. The lowest BCUT2D eigenvalue weighted by atomic mass is 9.95. The summed E-state index contributed by atoms with van der Waals surface area (Å²) in [5, 5.41) is 5.76. The molecule has 0 aliphatic rings. The number of anilines is 2. The Morgan fingerprint density at radius 2 is 1.58 bits per heavy atom. The lowest BCUT2D eigenvalue weighted by Gasteiger charge is -2.19. The second-order valence-electron chi connectivity index (χ2n) is 7.49. The molecule has 0 bridgehead atoms. The van der Waals surface area contributed by atoms with Crippen molar-refractivity contribution in [3.63, 3.8) is 0 Å². The standard InChI is InChI=1S/C21H27N3O2/c1-21(2,3)20(26)23-18-9-7-6-8-17(18)19(25)22-14-15-10-12-16(13-11-15)24(4)5/h6-13H,14H2,1-5H3,(H,22,25)(H,23,26). The van der Waals surface area contributed by atoms with Crippen molar-refractivity contribution in [1.29, 1.82) is 0 Å². The van der Waals surface area contributed by atoms with Gasteiger partial charge >= 0.3 is 0 Å². The summed E-state index contributed by atoms with van der Waals surface area (Å²) in [6.45, 7) is 5.93. The molecule has 5 heteroatoms. The van der Waals surface area contributed by atoms with Gasteiger partial charge in [-0.2, -0.15) is 0 Å². The Morgan fingerprint density at radius 1 is 0.962 bits per heavy atom. The van der Waals surface area contributed by atoms with Gasteiger partial charge in [0.25, 0.3) is 5.91 Å². The number of para-hydroxylation sites is 1. The topological polar surface area (TPSA) is 61.4 Å². The minimum atomic E-state index is -0.530. The zero-order valence-electron chi connectivity index (χ0n) is 16.1. The lowest BCUT2D eigenvalue weighted by Crippen LogP contribution is -2.30. The Balaban J connectivity index is 2.06. The number of hydrogen-bond donors (Lipinski definition) is 2. The summed E-state index contributed by atoms with van der Waals surface area (Å²) in [5.74, 6) is -0.344. The molecule has 0 aromatic heterocycles. The minimum Gasteiger partial charge on any atom is -0.378 e. The van der Waals surface area contributed by atoms with Crippen molar-refractivity contribution < 1.29 is 9.59 Å². The van der Waals surface area contributed by atoms with Gasteiger partial charge in [0.2, 0.25) is 5.91 Å². The van der Waals surface area contributed by atoms with E-state index in [-0.39, 0.29) is 11.8 Å². The quantitative estimate of drug-likeness (QED) is 0.862. The van der Waals surface area contributed by atoms with Crippen LogP contribution in [0.25, 0.3) is 0 Å². The monoisotopic (exact) mass is 353 g/mol. The summed E-state index contributed by atoms with van der Waals surface area (Å²) in [7, 11) is 3.97. The molecule has 0 fully saturated rings. The van der Waals surface area contributed by atoms with Crippen LogP contribution in [0.2, 0.25) is 0 Å². The van der Waals surface area contributed by atoms with E-state index >= 15 is 0 Å². The van der Waals surface area contributed by atoms with Crippen LogP contribution in [0.15, 0.2) is 48.5 Å². The molecule has 2 aromatic carbocycles. The molecule has 138 valence electrons. The van der Waals surface area contributed by atoms with Crippen LogP contribution in [0, 0.1) is 5.41 Å². The van der Waals surface area contributed by atoms with Crippen LogP contribution in [0.3, 0.4) is 0 Å². The van der Waals surface area contributed by atoms with Gasteiger partial charge in [-0.25, -0.2) is 0 Å². The maximum Gasteiger partial charge on any atom is 0.253 e. The summed E-state index contributed by atoms with van der Waals surface area (Å²) in [6, 6.07) is 15.0. The number of amides is 2. The minimum absolute atomic E-state index is 0.128. The average molecular weight is 353 g/mol. The van der Waals surface area contributed by atoms with E-state index in [0.717, 1.165) is 11.3 Å². The molecule has 0 heterocycles. The molecule has 2 aromatic rings. The van der Waals surface area contributed by atoms with Crippen LogP contribution in [0.4, 0.5) is 11.4 Å². The molecule has 5 nitrogen and oxygen atoms in total. The molecule has 2 rings (SSSR count). The summed E-state index contributed by atoms with van der Waals surface area (Å²) >= 11 is 0. The highest BCUT2D eigenvalue weighted by molar-refractivity contribution is 6.04. The van der Waals surface area contributed by atoms with Gasteiger partial charge in [0.1, 0.15) is 0 Å². The molecule has 0 unspecified atom stereocenters. The highest BCUT2D eigenvalue weighted by Gasteiger charge is 2.23. The van der Waals surface area contributed by atoms with Gasteiger partial charge in [-0.05, 0) is 29.8 Å². The smallest absolute Gasteiger partial charge is 0.253 e. The molecule has 0 saturated carbocycles. The maximum absolute atomic E-state index is 12.6. The van der Waals surface area contributed by atoms with E-state index in [4.69, 9.17) is 0 Å². The van der Waals surface area contributed by atoms with E-state index in [1.54, 1.807) is 24.3 Å². The van der Waals surface area contributed by atoms with Crippen molar-refractivity contribution in [3.8, 4) is 0 Å². The number of carbonyl (C=O) groups excluding carboxylic acids is 2. The van der Waals surface area contributed by atoms with Gasteiger partial charge < -0.3 is 15.5 Å². The van der Waals surface area contributed by atoms with Gasteiger partial charge in [-0.3, -0.25) is 9.59 Å². The molecule has 2 amide bonds. The summed E-state index contributed by atoms with van der Waals surface area (Å²) in [6.07, 6.45) is 0. The maximum atomic E-state index is 12.6. The second-order valence-corrected chi connectivity index (χ2v) is 7.49. The molecular weight excluding hydrogens is 326 g/mol. The van der Waals surface area contributed by atoms with Crippen LogP contribution in [-0.4, -0.2) is 25.9 Å². The molecule has 0 saturated heterocycles. The predicted molar refractivity (Wildman–Crippen MR) is 106 cm³/mol. The number of nitrogens with zero attached hydrogens (tertiary/aromatic N) is 1. The molecular formula is C21H27N3O2. The third kappa shape index (κ3) is 5.09. The van der Waals surface area contributed by atoms with E-state index in [0.29, 0.717) is 17.8 Å². The van der Waals surface area contributed by atoms with Crippen molar-refractivity contribution in [2.75, 3.05) is 24.3 Å². The first kappa shape index (κ1) is 19.5.